The highest BCUT2D eigenvalue weighted by Gasteiger charge is 2.56. The summed E-state index contributed by atoms with van der Waals surface area (Å²) >= 11 is 12.2. The van der Waals surface area contributed by atoms with Crippen LogP contribution in [-0.4, -0.2) is 47.3 Å². The largest absolute Gasteiger partial charge is 0.379 e. The average Bonchev–Trinajstić information content (AvgIpc) is 3.68. The molecule has 0 spiro atoms. The molecule has 2 aliphatic rings. The Kier molecular flexibility index (Phi) is 7.58. The van der Waals surface area contributed by atoms with Gasteiger partial charge in [-0.05, 0) is 42.7 Å². The van der Waals surface area contributed by atoms with Gasteiger partial charge in [0.15, 0.2) is 0 Å². The molecule has 1 amide bonds. The van der Waals surface area contributed by atoms with E-state index in [1.807, 2.05) is 0 Å². The second kappa shape index (κ2) is 11.1. The minimum absolute atomic E-state index is 0.00560. The third kappa shape index (κ3) is 5.02. The van der Waals surface area contributed by atoms with Gasteiger partial charge in [0.05, 0.1) is 40.8 Å². The van der Waals surface area contributed by atoms with Gasteiger partial charge in [0, 0.05) is 49.1 Å². The van der Waals surface area contributed by atoms with Crippen LogP contribution in [0.25, 0.3) is 0 Å². The smallest absolute Gasteiger partial charge is 0.257 e. The summed E-state index contributed by atoms with van der Waals surface area (Å²) in [7, 11) is 1.77. The van der Waals surface area contributed by atoms with E-state index in [9.17, 15) is 14.7 Å². The van der Waals surface area contributed by atoms with Crippen molar-refractivity contribution < 1.29 is 23.8 Å². The number of nitrogens with zero attached hydrogens (tertiary/aromatic N) is 5. The number of ketones is 1. The molecule has 0 radical (unpaired) electrons. The molecule has 1 unspecified atom stereocenters. The molecule has 1 aliphatic carbocycles. The minimum Gasteiger partial charge on any atom is -0.379 e. The standard InChI is InChI=1S/C31H28Cl2FN5O4/c1-3-30(42,26-15-38(2)17-37-26)19-10-24-28(25(34)11-19)31(18-4-6-20(32)7-5-18,43-23-9-8-22(40)12-23)39(29(24)41)16-27-35-13-21(33)14-36-27/h4-7,10-11,13-15,17,23,42H,3,8-9,12,16H2,1-2H3/t23-,30?,31+/m0/s1. The maximum atomic E-state index is 16.8. The van der Waals surface area contributed by atoms with E-state index >= 15 is 4.39 Å². The number of rotatable bonds is 8. The molecule has 9 nitrogen and oxygen atoms in total. The van der Waals surface area contributed by atoms with Gasteiger partial charge in [-0.15, -0.1) is 0 Å². The van der Waals surface area contributed by atoms with Crippen molar-refractivity contribution >= 4 is 34.9 Å². The van der Waals surface area contributed by atoms with Crippen LogP contribution in [-0.2, 0) is 34.4 Å². The molecule has 1 fully saturated rings. The van der Waals surface area contributed by atoms with Gasteiger partial charge in [-0.3, -0.25) is 14.5 Å². The number of halogens is 3. The number of benzene rings is 2. The molecule has 3 heterocycles. The number of Topliss-reactive ketones (excluding diaryl/α,β-unsaturated/α-hetero) is 1. The van der Waals surface area contributed by atoms with Gasteiger partial charge in [0.2, 0.25) is 5.72 Å². The van der Waals surface area contributed by atoms with Gasteiger partial charge >= 0.3 is 0 Å². The van der Waals surface area contributed by atoms with Crippen molar-refractivity contribution in [3.8, 4) is 0 Å². The summed E-state index contributed by atoms with van der Waals surface area (Å²) < 4.78 is 25.2. The molecule has 3 atom stereocenters. The molecule has 12 heteroatoms. The van der Waals surface area contributed by atoms with Crippen molar-refractivity contribution in [2.45, 2.75) is 56.6 Å². The molecular formula is C31H28Cl2FN5O4. The number of carbonyl (C=O) groups is 2. The Morgan fingerprint density at radius 3 is 2.44 bits per heavy atom. The van der Waals surface area contributed by atoms with Gasteiger partial charge in [-0.25, -0.2) is 19.3 Å². The van der Waals surface area contributed by atoms with Crippen LogP contribution in [0.1, 0.15) is 71.2 Å². The Labute approximate surface area is 257 Å². The Balaban J connectivity index is 1.59. The van der Waals surface area contributed by atoms with Crippen LogP contribution in [0.4, 0.5) is 4.39 Å². The zero-order valence-corrected chi connectivity index (χ0v) is 24.9. The fourth-order valence-corrected chi connectivity index (χ4v) is 6.20. The Hall–Kier alpha value is -3.70. The highest BCUT2D eigenvalue weighted by Crippen LogP contribution is 2.50. The topological polar surface area (TPSA) is 110 Å². The van der Waals surface area contributed by atoms with E-state index in [1.54, 1.807) is 55.3 Å². The van der Waals surface area contributed by atoms with Crippen LogP contribution in [0.15, 0.2) is 61.3 Å². The number of aliphatic hydroxyl groups is 1. The molecule has 222 valence electrons. The summed E-state index contributed by atoms with van der Waals surface area (Å²) in [5, 5.41) is 12.5. The zero-order valence-electron chi connectivity index (χ0n) is 23.4. The Morgan fingerprint density at radius 1 is 1.12 bits per heavy atom. The Morgan fingerprint density at radius 2 is 1.84 bits per heavy atom. The molecule has 1 saturated carbocycles. The van der Waals surface area contributed by atoms with Crippen LogP contribution >= 0.6 is 23.2 Å². The molecule has 2 aromatic carbocycles. The quantitative estimate of drug-likeness (QED) is 0.284. The molecule has 0 saturated heterocycles. The summed E-state index contributed by atoms with van der Waals surface area (Å²) in [5.74, 6) is -1.06. The van der Waals surface area contributed by atoms with Crippen LogP contribution in [0.5, 0.6) is 0 Å². The number of fused-ring (bicyclic) bond motifs is 1. The Bertz CT molecular complexity index is 1710. The number of hydrogen-bond donors (Lipinski definition) is 1. The van der Waals surface area contributed by atoms with Crippen LogP contribution in [0.2, 0.25) is 10.0 Å². The molecular weight excluding hydrogens is 596 g/mol. The lowest BCUT2D eigenvalue weighted by Crippen LogP contribution is -2.48. The summed E-state index contributed by atoms with van der Waals surface area (Å²) in [6.45, 7) is 1.59. The predicted octanol–water partition coefficient (Wildman–Crippen LogP) is 5.30. The molecule has 1 aliphatic heterocycles. The predicted molar refractivity (Wildman–Crippen MR) is 156 cm³/mol. The van der Waals surface area contributed by atoms with E-state index in [-0.39, 0.29) is 47.7 Å². The van der Waals surface area contributed by atoms with E-state index in [4.69, 9.17) is 27.9 Å². The second-order valence-corrected chi connectivity index (χ2v) is 11.8. The van der Waals surface area contributed by atoms with Crippen molar-refractivity contribution in [2.75, 3.05) is 0 Å². The van der Waals surface area contributed by atoms with Gasteiger partial charge in [-0.1, -0.05) is 42.3 Å². The van der Waals surface area contributed by atoms with Crippen LogP contribution < -0.4 is 0 Å². The van der Waals surface area contributed by atoms with Gasteiger partial charge in [0.1, 0.15) is 23.0 Å². The average molecular weight is 625 g/mol. The lowest BCUT2D eigenvalue weighted by atomic mass is 9.84. The van der Waals surface area contributed by atoms with E-state index in [0.717, 1.165) is 0 Å². The molecule has 6 rings (SSSR count). The highest BCUT2D eigenvalue weighted by atomic mass is 35.5. The third-order valence-electron chi connectivity index (χ3n) is 8.15. The lowest BCUT2D eigenvalue weighted by molar-refractivity contribution is -0.149. The van der Waals surface area contributed by atoms with Crippen molar-refractivity contribution in [1.82, 2.24) is 24.4 Å². The number of amides is 1. The normalized spacial score (nSPS) is 21.3. The maximum absolute atomic E-state index is 16.8. The fourth-order valence-electron chi connectivity index (χ4n) is 5.98. The van der Waals surface area contributed by atoms with E-state index in [2.05, 4.69) is 15.0 Å². The molecule has 1 N–H and O–H groups in total. The molecule has 43 heavy (non-hydrogen) atoms. The minimum atomic E-state index is -1.80. The van der Waals surface area contributed by atoms with E-state index in [1.165, 1.54) is 29.4 Å². The van der Waals surface area contributed by atoms with Crippen molar-refractivity contribution in [3.63, 3.8) is 0 Å². The third-order valence-corrected chi connectivity index (χ3v) is 8.60. The number of aromatic nitrogens is 4. The number of aryl methyl sites for hydroxylation is 1. The second-order valence-electron chi connectivity index (χ2n) is 10.9. The number of carbonyl (C=O) groups excluding carboxylic acids is 2. The van der Waals surface area contributed by atoms with Crippen molar-refractivity contribution in [1.29, 1.82) is 0 Å². The van der Waals surface area contributed by atoms with Gasteiger partial charge < -0.3 is 14.4 Å². The SMILES string of the molecule is CCC(O)(c1cc(F)c2c(c1)C(=O)N(Cc1ncc(Cl)cn1)[C@@]2(O[C@H]1CCC(=O)C1)c1ccc(Cl)cc1)c1cn(C)cn1. The summed E-state index contributed by atoms with van der Waals surface area (Å²) in [6.07, 6.45) is 6.45. The first-order valence-corrected chi connectivity index (χ1v) is 14.6. The van der Waals surface area contributed by atoms with Crippen LogP contribution in [0, 0.1) is 5.82 Å². The molecule has 2 aromatic heterocycles. The van der Waals surface area contributed by atoms with Crippen molar-refractivity contribution in [2.24, 2.45) is 7.05 Å². The van der Waals surface area contributed by atoms with Gasteiger partial charge in [0.25, 0.3) is 5.91 Å². The van der Waals surface area contributed by atoms with Crippen LogP contribution in [0.3, 0.4) is 0 Å². The number of hydrogen-bond acceptors (Lipinski definition) is 7. The lowest BCUT2D eigenvalue weighted by Gasteiger charge is -2.41. The summed E-state index contributed by atoms with van der Waals surface area (Å²) in [6, 6.07) is 9.31. The molecule has 0 bridgehead atoms. The first-order valence-electron chi connectivity index (χ1n) is 13.8. The maximum Gasteiger partial charge on any atom is 0.257 e. The monoisotopic (exact) mass is 623 g/mol. The summed E-state index contributed by atoms with van der Waals surface area (Å²) in [4.78, 5) is 41.0. The molecule has 4 aromatic rings. The number of imidazole rings is 1. The highest BCUT2D eigenvalue weighted by molar-refractivity contribution is 6.30. The fraction of sp³-hybridized carbons (Fsp3) is 0.323. The van der Waals surface area contributed by atoms with E-state index in [0.29, 0.717) is 34.1 Å². The first-order chi connectivity index (χ1) is 20.5. The van der Waals surface area contributed by atoms with Crippen molar-refractivity contribution in [3.05, 3.63) is 111 Å². The zero-order chi connectivity index (χ0) is 30.5. The summed E-state index contributed by atoms with van der Waals surface area (Å²) in [5.41, 5.74) is -2.58. The van der Waals surface area contributed by atoms with E-state index < -0.39 is 29.2 Å². The van der Waals surface area contributed by atoms with Gasteiger partial charge in [-0.2, -0.15) is 0 Å². The number of ether oxygens (including phenoxy) is 1. The first kappa shape index (κ1) is 29.4.